The normalized spacial score (nSPS) is 21.6. The van der Waals surface area contributed by atoms with Crippen LogP contribution in [0.5, 0.6) is 0 Å². The van der Waals surface area contributed by atoms with Crippen molar-refractivity contribution in [2.75, 3.05) is 6.61 Å². The Kier molecular flexibility index (Phi) is 4.76. The van der Waals surface area contributed by atoms with E-state index < -0.39 is 17.6 Å². The van der Waals surface area contributed by atoms with E-state index in [0.717, 1.165) is 6.42 Å². The Balaban J connectivity index is 2.70. The molecule has 2 atom stereocenters. The monoisotopic (exact) mass is 255 g/mol. The molecule has 1 aliphatic rings. The molecule has 5 heteroatoms. The first-order valence-electron chi connectivity index (χ1n) is 6.15. The molecule has 1 amide bonds. The van der Waals surface area contributed by atoms with E-state index in [4.69, 9.17) is 9.47 Å². The van der Waals surface area contributed by atoms with Gasteiger partial charge < -0.3 is 14.8 Å². The fraction of sp³-hybridized carbons (Fsp3) is 0.692. The minimum absolute atomic E-state index is 0.217. The van der Waals surface area contributed by atoms with E-state index in [9.17, 15) is 9.59 Å². The number of esters is 1. The van der Waals surface area contributed by atoms with E-state index in [1.165, 1.54) is 0 Å². The Labute approximate surface area is 108 Å². The van der Waals surface area contributed by atoms with E-state index in [0.29, 0.717) is 0 Å². The highest BCUT2D eigenvalue weighted by atomic mass is 16.6. The summed E-state index contributed by atoms with van der Waals surface area (Å²) in [5, 5.41) is 2.63. The minimum atomic E-state index is -0.568. The lowest BCUT2D eigenvalue weighted by Gasteiger charge is -2.24. The summed E-state index contributed by atoms with van der Waals surface area (Å²) in [6, 6.07) is -0.313. The van der Waals surface area contributed by atoms with Gasteiger partial charge >= 0.3 is 12.1 Å². The third-order valence-electron chi connectivity index (χ3n) is 2.51. The van der Waals surface area contributed by atoms with E-state index >= 15 is 0 Å². The number of nitrogens with one attached hydrogen (secondary N) is 1. The Bertz CT molecular complexity index is 343. The number of cyclic esters (lactones) is 1. The molecule has 1 heterocycles. The van der Waals surface area contributed by atoms with Crippen LogP contribution in [0.25, 0.3) is 0 Å². The minimum Gasteiger partial charge on any atom is -0.455 e. The molecule has 18 heavy (non-hydrogen) atoms. The fourth-order valence-corrected chi connectivity index (χ4v) is 1.40. The van der Waals surface area contributed by atoms with Crippen LogP contribution in [0.15, 0.2) is 12.2 Å². The van der Waals surface area contributed by atoms with Crippen LogP contribution < -0.4 is 5.32 Å². The second-order valence-electron chi connectivity index (χ2n) is 5.31. The summed E-state index contributed by atoms with van der Waals surface area (Å²) in [7, 11) is 0. The number of rotatable bonds is 4. The summed E-state index contributed by atoms with van der Waals surface area (Å²) in [6.45, 7) is 7.58. The van der Waals surface area contributed by atoms with Crippen LogP contribution in [0, 0.1) is 5.41 Å². The van der Waals surface area contributed by atoms with Crippen LogP contribution >= 0.6 is 0 Å². The van der Waals surface area contributed by atoms with Gasteiger partial charge in [-0.3, -0.25) is 4.79 Å². The van der Waals surface area contributed by atoms with E-state index in [1.807, 2.05) is 13.0 Å². The lowest BCUT2D eigenvalue weighted by Crippen LogP contribution is -2.41. The molecule has 0 aliphatic carbocycles. The molecule has 0 radical (unpaired) electrons. The van der Waals surface area contributed by atoms with Crippen molar-refractivity contribution in [2.24, 2.45) is 5.41 Å². The summed E-state index contributed by atoms with van der Waals surface area (Å²) in [5.41, 5.74) is -0.568. The van der Waals surface area contributed by atoms with Gasteiger partial charge in [-0.2, -0.15) is 0 Å². The molecular formula is C13H21NO4. The second kappa shape index (κ2) is 5.89. The van der Waals surface area contributed by atoms with E-state index in [-0.39, 0.29) is 18.6 Å². The predicted octanol–water partition coefficient (Wildman–Crippen LogP) is 2.02. The van der Waals surface area contributed by atoms with Crippen LogP contribution in [0.3, 0.4) is 0 Å². The molecule has 0 bridgehead atoms. The SMILES string of the molecule is CC/C=C/[C@H](OC(=O)C(C)(C)C)[C@H]1COC(=O)N1. The highest BCUT2D eigenvalue weighted by molar-refractivity contribution is 5.76. The summed E-state index contributed by atoms with van der Waals surface area (Å²) in [6.07, 6.45) is 3.59. The van der Waals surface area contributed by atoms with E-state index in [1.54, 1.807) is 26.8 Å². The van der Waals surface area contributed by atoms with Gasteiger partial charge in [0.2, 0.25) is 0 Å². The second-order valence-corrected chi connectivity index (χ2v) is 5.31. The molecule has 0 aromatic heterocycles. The van der Waals surface area contributed by atoms with Crippen molar-refractivity contribution in [3.05, 3.63) is 12.2 Å². The zero-order valence-electron chi connectivity index (χ0n) is 11.4. The highest BCUT2D eigenvalue weighted by Crippen LogP contribution is 2.19. The summed E-state index contributed by atoms with van der Waals surface area (Å²) >= 11 is 0. The van der Waals surface area contributed by atoms with Crippen LogP contribution in [0.1, 0.15) is 34.1 Å². The van der Waals surface area contributed by atoms with Gasteiger partial charge in [-0.15, -0.1) is 0 Å². The molecule has 0 saturated carbocycles. The largest absolute Gasteiger partial charge is 0.455 e. The zero-order valence-corrected chi connectivity index (χ0v) is 11.4. The third-order valence-corrected chi connectivity index (χ3v) is 2.51. The number of carbonyl (C=O) groups excluding carboxylic acids is 2. The molecule has 1 rings (SSSR count). The van der Waals surface area contributed by atoms with Crippen LogP contribution in [-0.2, 0) is 14.3 Å². The number of amides is 1. The Morgan fingerprint density at radius 2 is 2.28 bits per heavy atom. The number of carbonyl (C=O) groups is 2. The van der Waals surface area contributed by atoms with Crippen molar-refractivity contribution in [1.82, 2.24) is 5.32 Å². The Morgan fingerprint density at radius 1 is 1.61 bits per heavy atom. The lowest BCUT2D eigenvalue weighted by atomic mass is 9.97. The quantitative estimate of drug-likeness (QED) is 0.616. The van der Waals surface area contributed by atoms with Gasteiger partial charge in [0, 0.05) is 0 Å². The zero-order chi connectivity index (χ0) is 13.8. The van der Waals surface area contributed by atoms with Crippen molar-refractivity contribution in [3.63, 3.8) is 0 Å². The predicted molar refractivity (Wildman–Crippen MR) is 67.0 cm³/mol. The average Bonchev–Trinajstić information content (AvgIpc) is 2.69. The molecule has 0 aromatic carbocycles. The third kappa shape index (κ3) is 4.05. The number of allylic oxidation sites excluding steroid dienone is 1. The molecule has 1 saturated heterocycles. The van der Waals surface area contributed by atoms with Gasteiger partial charge in [0.1, 0.15) is 18.8 Å². The summed E-state index contributed by atoms with van der Waals surface area (Å²) < 4.78 is 10.2. The first kappa shape index (κ1) is 14.5. The van der Waals surface area contributed by atoms with Crippen molar-refractivity contribution >= 4 is 12.1 Å². The Morgan fingerprint density at radius 3 is 2.72 bits per heavy atom. The highest BCUT2D eigenvalue weighted by Gasteiger charge is 2.34. The van der Waals surface area contributed by atoms with Gasteiger partial charge in [-0.1, -0.05) is 13.0 Å². The van der Waals surface area contributed by atoms with Gasteiger partial charge in [0.05, 0.1) is 5.41 Å². The maximum Gasteiger partial charge on any atom is 0.407 e. The molecule has 1 aliphatic heterocycles. The number of hydrogen-bond acceptors (Lipinski definition) is 4. The lowest BCUT2D eigenvalue weighted by molar-refractivity contribution is -0.157. The molecule has 5 nitrogen and oxygen atoms in total. The Hall–Kier alpha value is -1.52. The fourth-order valence-electron chi connectivity index (χ4n) is 1.40. The topological polar surface area (TPSA) is 64.6 Å². The summed E-state index contributed by atoms with van der Waals surface area (Å²) in [4.78, 5) is 22.9. The average molecular weight is 255 g/mol. The first-order chi connectivity index (χ1) is 8.34. The van der Waals surface area contributed by atoms with Crippen LogP contribution in [0.4, 0.5) is 4.79 Å². The smallest absolute Gasteiger partial charge is 0.407 e. The maximum atomic E-state index is 11.9. The number of alkyl carbamates (subject to hydrolysis) is 1. The van der Waals surface area contributed by atoms with Crippen LogP contribution in [-0.4, -0.2) is 30.8 Å². The van der Waals surface area contributed by atoms with Crippen LogP contribution in [0.2, 0.25) is 0 Å². The molecule has 0 unspecified atom stereocenters. The molecule has 0 spiro atoms. The standard InChI is InChI=1S/C13H21NO4/c1-5-6-7-10(9-8-17-12(16)14-9)18-11(15)13(2,3)4/h6-7,9-10H,5,8H2,1-4H3,(H,14,16)/b7-6+/t9-,10+/m1/s1. The van der Waals surface area contributed by atoms with Crippen molar-refractivity contribution < 1.29 is 19.1 Å². The van der Waals surface area contributed by atoms with Crippen molar-refractivity contribution in [1.29, 1.82) is 0 Å². The molecule has 1 fully saturated rings. The molecular weight excluding hydrogens is 234 g/mol. The van der Waals surface area contributed by atoms with Gasteiger partial charge in [-0.05, 0) is 33.3 Å². The number of hydrogen-bond donors (Lipinski definition) is 1. The molecule has 1 N–H and O–H groups in total. The van der Waals surface area contributed by atoms with Gasteiger partial charge in [-0.25, -0.2) is 4.79 Å². The molecule has 102 valence electrons. The van der Waals surface area contributed by atoms with Crippen molar-refractivity contribution in [3.8, 4) is 0 Å². The first-order valence-corrected chi connectivity index (χ1v) is 6.15. The maximum absolute atomic E-state index is 11.9. The number of ether oxygens (including phenoxy) is 2. The molecule has 0 aromatic rings. The van der Waals surface area contributed by atoms with E-state index in [2.05, 4.69) is 5.32 Å². The van der Waals surface area contributed by atoms with Crippen molar-refractivity contribution in [2.45, 2.75) is 46.3 Å². The van der Waals surface area contributed by atoms with Gasteiger partial charge in [0.25, 0.3) is 0 Å². The van der Waals surface area contributed by atoms with Gasteiger partial charge in [0.15, 0.2) is 0 Å². The summed E-state index contributed by atoms with van der Waals surface area (Å²) in [5.74, 6) is -0.297.